The summed E-state index contributed by atoms with van der Waals surface area (Å²) in [7, 11) is 0. The first kappa shape index (κ1) is 12.6. The Balaban J connectivity index is 1.69. The number of aromatic amines is 1. The summed E-state index contributed by atoms with van der Waals surface area (Å²) in [6.07, 6.45) is 4.96. The molecule has 1 N–H and O–H groups in total. The summed E-state index contributed by atoms with van der Waals surface area (Å²) in [4.78, 5) is 19.6. The van der Waals surface area contributed by atoms with E-state index in [0.717, 1.165) is 48.5 Å². The maximum Gasteiger partial charge on any atom is 0.254 e. The number of aromatic nitrogens is 2. The van der Waals surface area contributed by atoms with Gasteiger partial charge in [-0.3, -0.25) is 4.79 Å². The molecule has 4 heteroatoms. The molecule has 0 radical (unpaired) electrons. The van der Waals surface area contributed by atoms with E-state index in [9.17, 15) is 4.79 Å². The van der Waals surface area contributed by atoms with Gasteiger partial charge in [-0.05, 0) is 56.9 Å². The molecule has 2 aliphatic rings. The summed E-state index contributed by atoms with van der Waals surface area (Å²) in [6, 6.07) is 7.91. The number of benzene rings is 1. The van der Waals surface area contributed by atoms with Gasteiger partial charge in [0.05, 0.1) is 11.8 Å². The third-order valence-corrected chi connectivity index (χ3v) is 4.09. The van der Waals surface area contributed by atoms with E-state index in [2.05, 4.69) is 9.97 Å². The zero-order valence-electron chi connectivity index (χ0n) is 12.1. The van der Waals surface area contributed by atoms with Crippen molar-refractivity contribution in [1.82, 2.24) is 9.97 Å². The van der Waals surface area contributed by atoms with Gasteiger partial charge in [0.25, 0.3) is 5.56 Å². The minimum Gasteiger partial charge on any atom is -0.490 e. The lowest BCUT2D eigenvalue weighted by Gasteiger charge is -2.09. The molecule has 2 saturated carbocycles. The molecule has 1 heterocycles. The van der Waals surface area contributed by atoms with Gasteiger partial charge in [-0.1, -0.05) is 0 Å². The number of nitrogens with zero attached hydrogens (tertiary/aromatic N) is 1. The van der Waals surface area contributed by atoms with E-state index in [4.69, 9.17) is 4.74 Å². The van der Waals surface area contributed by atoms with Crippen molar-refractivity contribution in [3.8, 4) is 17.0 Å². The molecule has 0 saturated heterocycles. The Hall–Kier alpha value is -2.10. The second kappa shape index (κ2) is 4.72. The van der Waals surface area contributed by atoms with Crippen molar-refractivity contribution in [2.24, 2.45) is 0 Å². The fourth-order valence-electron chi connectivity index (χ4n) is 2.45. The average molecular weight is 282 g/mol. The van der Waals surface area contributed by atoms with Crippen LogP contribution < -0.4 is 10.3 Å². The van der Waals surface area contributed by atoms with Gasteiger partial charge in [0.15, 0.2) is 0 Å². The predicted octanol–water partition coefficient (Wildman–Crippen LogP) is 3.16. The van der Waals surface area contributed by atoms with E-state index in [1.165, 1.54) is 0 Å². The normalized spacial score (nSPS) is 17.8. The number of hydrogen-bond donors (Lipinski definition) is 1. The number of nitrogens with one attached hydrogen (secondary N) is 1. The maximum absolute atomic E-state index is 12.1. The van der Waals surface area contributed by atoms with Gasteiger partial charge in [0, 0.05) is 17.0 Å². The van der Waals surface area contributed by atoms with Crippen molar-refractivity contribution < 1.29 is 4.74 Å². The Bertz CT molecular complexity index is 725. The minimum absolute atomic E-state index is 0.0276. The summed E-state index contributed by atoms with van der Waals surface area (Å²) < 4.78 is 5.75. The third-order valence-electron chi connectivity index (χ3n) is 4.09. The van der Waals surface area contributed by atoms with E-state index in [-0.39, 0.29) is 5.56 Å². The Labute approximate surface area is 123 Å². The van der Waals surface area contributed by atoms with Crippen molar-refractivity contribution in [1.29, 1.82) is 0 Å². The van der Waals surface area contributed by atoms with Crippen LogP contribution in [0.1, 0.15) is 43.0 Å². The lowest BCUT2D eigenvalue weighted by atomic mass is 10.1. The topological polar surface area (TPSA) is 55.0 Å². The van der Waals surface area contributed by atoms with E-state index in [0.29, 0.717) is 17.6 Å². The summed E-state index contributed by atoms with van der Waals surface area (Å²) in [5.74, 6) is 2.17. The lowest BCUT2D eigenvalue weighted by Crippen LogP contribution is -2.15. The van der Waals surface area contributed by atoms with E-state index in [1.54, 1.807) is 0 Å². The van der Waals surface area contributed by atoms with Gasteiger partial charge < -0.3 is 9.72 Å². The third kappa shape index (κ3) is 2.58. The standard InChI is InChI=1S/C17H18N2O2/c1-10-15(18-16(12-2-3-12)19-17(10)20)11-4-6-13(7-5-11)21-14-8-9-14/h4-7,12,14H,2-3,8-9H2,1H3,(H,18,19,20). The van der Waals surface area contributed by atoms with Crippen LogP contribution in [0.5, 0.6) is 5.75 Å². The molecule has 2 fully saturated rings. The van der Waals surface area contributed by atoms with E-state index in [1.807, 2.05) is 31.2 Å². The summed E-state index contributed by atoms with van der Waals surface area (Å²) in [6.45, 7) is 1.83. The average Bonchev–Trinajstić information content (AvgIpc) is 3.36. The highest BCUT2D eigenvalue weighted by molar-refractivity contribution is 5.63. The van der Waals surface area contributed by atoms with Gasteiger partial charge >= 0.3 is 0 Å². The van der Waals surface area contributed by atoms with E-state index >= 15 is 0 Å². The predicted molar refractivity (Wildman–Crippen MR) is 80.7 cm³/mol. The molecule has 0 amide bonds. The second-order valence-corrected chi connectivity index (χ2v) is 6.04. The molecule has 0 bridgehead atoms. The fraction of sp³-hybridized carbons (Fsp3) is 0.412. The van der Waals surface area contributed by atoms with Crippen molar-refractivity contribution in [2.45, 2.75) is 44.6 Å². The van der Waals surface area contributed by atoms with Gasteiger partial charge in [0.1, 0.15) is 11.6 Å². The fourth-order valence-corrected chi connectivity index (χ4v) is 2.45. The zero-order valence-corrected chi connectivity index (χ0v) is 12.1. The van der Waals surface area contributed by atoms with Crippen molar-refractivity contribution in [3.05, 3.63) is 46.0 Å². The van der Waals surface area contributed by atoms with Crippen molar-refractivity contribution in [3.63, 3.8) is 0 Å². The summed E-state index contributed by atoms with van der Waals surface area (Å²) in [5, 5.41) is 0. The molecule has 0 unspecified atom stereocenters. The second-order valence-electron chi connectivity index (χ2n) is 6.04. The molecule has 0 aliphatic heterocycles. The molecule has 0 spiro atoms. The van der Waals surface area contributed by atoms with E-state index < -0.39 is 0 Å². The molecule has 21 heavy (non-hydrogen) atoms. The molecule has 2 aliphatic carbocycles. The van der Waals surface area contributed by atoms with Crippen LogP contribution in [0.15, 0.2) is 29.1 Å². The first-order chi connectivity index (χ1) is 10.2. The van der Waals surface area contributed by atoms with Gasteiger partial charge in [-0.25, -0.2) is 4.98 Å². The van der Waals surface area contributed by atoms with Crippen molar-refractivity contribution in [2.75, 3.05) is 0 Å². The number of hydrogen-bond acceptors (Lipinski definition) is 3. The zero-order chi connectivity index (χ0) is 14.4. The smallest absolute Gasteiger partial charge is 0.254 e. The van der Waals surface area contributed by atoms with Gasteiger partial charge in [0.2, 0.25) is 0 Å². The summed E-state index contributed by atoms with van der Waals surface area (Å²) >= 11 is 0. The monoisotopic (exact) mass is 282 g/mol. The van der Waals surface area contributed by atoms with Crippen LogP contribution in [0.4, 0.5) is 0 Å². The largest absolute Gasteiger partial charge is 0.490 e. The molecule has 1 aromatic heterocycles. The molecular weight excluding hydrogens is 264 g/mol. The van der Waals surface area contributed by atoms with Gasteiger partial charge in [-0.2, -0.15) is 0 Å². The van der Waals surface area contributed by atoms with Crippen molar-refractivity contribution >= 4 is 0 Å². The van der Waals surface area contributed by atoms with Crippen LogP contribution in [0.3, 0.4) is 0 Å². The molecule has 0 atom stereocenters. The molecule has 4 rings (SSSR count). The quantitative estimate of drug-likeness (QED) is 0.937. The van der Waals surface area contributed by atoms with Crippen LogP contribution in [0.25, 0.3) is 11.3 Å². The number of ether oxygens (including phenoxy) is 1. The maximum atomic E-state index is 12.1. The van der Waals surface area contributed by atoms with Crippen LogP contribution in [0, 0.1) is 6.92 Å². The Kier molecular flexibility index (Phi) is 2.84. The lowest BCUT2D eigenvalue weighted by molar-refractivity contribution is 0.303. The van der Waals surface area contributed by atoms with Crippen LogP contribution in [-0.4, -0.2) is 16.1 Å². The van der Waals surface area contributed by atoms with Crippen LogP contribution in [0.2, 0.25) is 0 Å². The SMILES string of the molecule is Cc1c(-c2ccc(OC3CC3)cc2)nc(C2CC2)[nH]c1=O. The van der Waals surface area contributed by atoms with Crippen LogP contribution >= 0.6 is 0 Å². The highest BCUT2D eigenvalue weighted by Gasteiger charge is 2.27. The highest BCUT2D eigenvalue weighted by Crippen LogP contribution is 2.38. The highest BCUT2D eigenvalue weighted by atomic mass is 16.5. The Morgan fingerprint density at radius 1 is 1.14 bits per heavy atom. The first-order valence-electron chi connectivity index (χ1n) is 7.58. The molecule has 108 valence electrons. The molecule has 2 aromatic rings. The minimum atomic E-state index is -0.0276. The summed E-state index contributed by atoms with van der Waals surface area (Å²) in [5.41, 5.74) is 2.41. The van der Waals surface area contributed by atoms with Crippen LogP contribution in [-0.2, 0) is 0 Å². The molecule has 4 nitrogen and oxygen atoms in total. The Morgan fingerprint density at radius 3 is 2.48 bits per heavy atom. The molecular formula is C17H18N2O2. The number of H-pyrrole nitrogens is 1. The first-order valence-corrected chi connectivity index (χ1v) is 7.58. The number of rotatable bonds is 4. The van der Waals surface area contributed by atoms with Gasteiger partial charge in [-0.15, -0.1) is 0 Å². The molecule has 1 aromatic carbocycles. The Morgan fingerprint density at radius 2 is 1.86 bits per heavy atom.